The number of rotatable bonds is 8. The second kappa shape index (κ2) is 12.6. The van der Waals surface area contributed by atoms with Crippen molar-refractivity contribution >= 4 is 35.6 Å². The van der Waals surface area contributed by atoms with Gasteiger partial charge in [-0.15, -0.1) is 24.0 Å². The van der Waals surface area contributed by atoms with Gasteiger partial charge in [0.05, 0.1) is 6.54 Å². The number of piperazine rings is 1. The molecule has 0 spiro atoms. The molecule has 0 atom stereocenters. The Morgan fingerprint density at radius 1 is 1.07 bits per heavy atom. The van der Waals surface area contributed by atoms with E-state index in [0.717, 1.165) is 57.5 Å². The minimum absolute atomic E-state index is 0. The SMILES string of the molecule is CN=C(NCCCCN1CCN(c2ccccc2)CC1)NCc1ncnn1C.I. The number of anilines is 1. The van der Waals surface area contributed by atoms with Crippen molar-refractivity contribution in [2.75, 3.05) is 51.2 Å². The van der Waals surface area contributed by atoms with E-state index in [2.05, 4.69) is 65.8 Å². The minimum atomic E-state index is 0. The first-order chi connectivity index (χ1) is 13.8. The van der Waals surface area contributed by atoms with Crippen LogP contribution in [0.3, 0.4) is 0 Å². The van der Waals surface area contributed by atoms with Crippen molar-refractivity contribution in [1.82, 2.24) is 30.3 Å². The molecule has 0 radical (unpaired) electrons. The average Bonchev–Trinajstić information content (AvgIpc) is 3.16. The Bertz CT molecular complexity index is 725. The summed E-state index contributed by atoms with van der Waals surface area (Å²) in [7, 11) is 3.68. The van der Waals surface area contributed by atoms with E-state index in [0.29, 0.717) is 6.54 Å². The first-order valence-electron chi connectivity index (χ1n) is 10.1. The van der Waals surface area contributed by atoms with Crippen LogP contribution in [-0.2, 0) is 13.6 Å². The van der Waals surface area contributed by atoms with E-state index in [4.69, 9.17) is 0 Å². The first-order valence-corrected chi connectivity index (χ1v) is 10.1. The van der Waals surface area contributed by atoms with Gasteiger partial charge in [-0.05, 0) is 31.5 Å². The van der Waals surface area contributed by atoms with Crippen LogP contribution in [0, 0.1) is 0 Å². The van der Waals surface area contributed by atoms with Gasteiger partial charge in [0.1, 0.15) is 12.2 Å². The summed E-state index contributed by atoms with van der Waals surface area (Å²) in [4.78, 5) is 13.5. The Morgan fingerprint density at radius 3 is 2.48 bits per heavy atom. The third-order valence-corrected chi connectivity index (χ3v) is 5.13. The van der Waals surface area contributed by atoms with E-state index < -0.39 is 0 Å². The highest BCUT2D eigenvalue weighted by Crippen LogP contribution is 2.15. The molecule has 29 heavy (non-hydrogen) atoms. The molecular weight excluding hydrogens is 479 g/mol. The van der Waals surface area contributed by atoms with Gasteiger partial charge in [-0.2, -0.15) is 5.10 Å². The first kappa shape index (κ1) is 23.4. The van der Waals surface area contributed by atoms with Gasteiger partial charge >= 0.3 is 0 Å². The van der Waals surface area contributed by atoms with Gasteiger partial charge in [0.25, 0.3) is 0 Å². The van der Waals surface area contributed by atoms with Crippen LogP contribution < -0.4 is 15.5 Å². The molecule has 1 fully saturated rings. The fourth-order valence-corrected chi connectivity index (χ4v) is 3.40. The van der Waals surface area contributed by atoms with Crippen LogP contribution in [-0.4, -0.2) is 71.9 Å². The lowest BCUT2D eigenvalue weighted by Gasteiger charge is -2.36. The molecule has 2 aromatic rings. The maximum atomic E-state index is 4.26. The maximum absolute atomic E-state index is 4.26. The molecule has 0 saturated carbocycles. The number of nitrogens with zero attached hydrogens (tertiary/aromatic N) is 6. The molecule has 9 heteroatoms. The summed E-state index contributed by atoms with van der Waals surface area (Å²) in [5.41, 5.74) is 1.34. The second-order valence-electron chi connectivity index (χ2n) is 7.02. The zero-order valence-corrected chi connectivity index (χ0v) is 19.7. The number of aromatic nitrogens is 3. The molecule has 160 valence electrons. The second-order valence-corrected chi connectivity index (χ2v) is 7.02. The van der Waals surface area contributed by atoms with Crippen molar-refractivity contribution in [2.45, 2.75) is 19.4 Å². The minimum Gasteiger partial charge on any atom is -0.369 e. The Kier molecular flexibility index (Phi) is 10.2. The molecule has 1 aromatic heterocycles. The van der Waals surface area contributed by atoms with Crippen LogP contribution in [0.2, 0.25) is 0 Å². The number of halogens is 1. The van der Waals surface area contributed by atoms with E-state index in [1.807, 2.05) is 7.05 Å². The summed E-state index contributed by atoms with van der Waals surface area (Å²) in [6, 6.07) is 10.7. The highest BCUT2D eigenvalue weighted by molar-refractivity contribution is 14.0. The third-order valence-electron chi connectivity index (χ3n) is 5.13. The van der Waals surface area contributed by atoms with E-state index in [1.54, 1.807) is 18.1 Å². The van der Waals surface area contributed by atoms with Gasteiger partial charge in [0.15, 0.2) is 5.96 Å². The molecule has 0 unspecified atom stereocenters. The lowest BCUT2D eigenvalue weighted by Crippen LogP contribution is -2.46. The molecule has 0 aliphatic carbocycles. The Morgan fingerprint density at radius 2 is 1.83 bits per heavy atom. The van der Waals surface area contributed by atoms with E-state index in [-0.39, 0.29) is 24.0 Å². The summed E-state index contributed by atoms with van der Waals surface area (Å²) in [5.74, 6) is 1.69. The lowest BCUT2D eigenvalue weighted by molar-refractivity contribution is 0.253. The number of aliphatic imine (C=N–C) groups is 1. The number of aryl methyl sites for hydroxylation is 1. The number of para-hydroxylation sites is 1. The summed E-state index contributed by atoms with van der Waals surface area (Å²) in [5, 5.41) is 10.7. The number of hydrogen-bond donors (Lipinski definition) is 2. The normalized spacial score (nSPS) is 15.1. The Hall–Kier alpha value is -1.88. The molecule has 1 saturated heterocycles. The van der Waals surface area contributed by atoms with Crippen molar-refractivity contribution < 1.29 is 0 Å². The van der Waals surface area contributed by atoms with Crippen LogP contribution in [0.4, 0.5) is 5.69 Å². The van der Waals surface area contributed by atoms with Crippen LogP contribution >= 0.6 is 24.0 Å². The van der Waals surface area contributed by atoms with Crippen molar-refractivity contribution in [3.8, 4) is 0 Å². The van der Waals surface area contributed by atoms with Crippen molar-refractivity contribution in [2.24, 2.45) is 12.0 Å². The van der Waals surface area contributed by atoms with Crippen molar-refractivity contribution in [3.05, 3.63) is 42.5 Å². The number of benzene rings is 1. The van der Waals surface area contributed by atoms with Crippen molar-refractivity contribution in [1.29, 1.82) is 0 Å². The molecular formula is C20H33IN8. The third kappa shape index (κ3) is 7.46. The Balaban J connectivity index is 0.00000300. The molecule has 3 rings (SSSR count). The summed E-state index contributed by atoms with van der Waals surface area (Å²) < 4.78 is 1.76. The van der Waals surface area contributed by atoms with Crippen molar-refractivity contribution in [3.63, 3.8) is 0 Å². The standard InChI is InChI=1S/C20H32N8.HI/c1-21-20(23-16-19-24-17-25-26(19)2)22-10-6-7-11-27-12-14-28(15-13-27)18-8-4-3-5-9-18;/h3-5,8-9,17H,6-7,10-16H2,1-2H3,(H2,21,22,23);1H. The smallest absolute Gasteiger partial charge is 0.191 e. The monoisotopic (exact) mass is 512 g/mol. The molecule has 0 bridgehead atoms. The van der Waals surface area contributed by atoms with Crippen LogP contribution in [0.1, 0.15) is 18.7 Å². The highest BCUT2D eigenvalue weighted by atomic mass is 127. The summed E-state index contributed by atoms with van der Waals surface area (Å²) >= 11 is 0. The van der Waals surface area contributed by atoms with Gasteiger partial charge in [-0.25, -0.2) is 4.98 Å². The number of nitrogens with one attached hydrogen (secondary N) is 2. The van der Waals surface area contributed by atoms with E-state index >= 15 is 0 Å². The highest BCUT2D eigenvalue weighted by Gasteiger charge is 2.16. The molecule has 2 N–H and O–H groups in total. The molecule has 1 aliphatic heterocycles. The largest absolute Gasteiger partial charge is 0.369 e. The topological polar surface area (TPSA) is 73.6 Å². The van der Waals surface area contributed by atoms with Gasteiger partial charge in [-0.3, -0.25) is 14.6 Å². The van der Waals surface area contributed by atoms with Gasteiger partial charge < -0.3 is 15.5 Å². The quantitative estimate of drug-likeness (QED) is 0.243. The van der Waals surface area contributed by atoms with Crippen LogP contribution in [0.15, 0.2) is 41.7 Å². The molecule has 8 nitrogen and oxygen atoms in total. The van der Waals surface area contributed by atoms with Gasteiger partial charge in [0.2, 0.25) is 0 Å². The number of unbranched alkanes of at least 4 members (excludes halogenated alkanes) is 1. The average molecular weight is 512 g/mol. The van der Waals surface area contributed by atoms with Crippen LogP contribution in [0.5, 0.6) is 0 Å². The lowest BCUT2D eigenvalue weighted by atomic mass is 10.2. The zero-order valence-electron chi connectivity index (χ0n) is 17.4. The molecule has 1 aliphatic rings. The fourth-order valence-electron chi connectivity index (χ4n) is 3.40. The predicted octanol–water partition coefficient (Wildman–Crippen LogP) is 1.70. The molecule has 0 amide bonds. The van der Waals surface area contributed by atoms with E-state index in [1.165, 1.54) is 12.1 Å². The Labute approximate surface area is 190 Å². The molecule has 1 aromatic carbocycles. The van der Waals surface area contributed by atoms with Crippen LogP contribution in [0.25, 0.3) is 0 Å². The number of hydrogen-bond acceptors (Lipinski definition) is 5. The van der Waals surface area contributed by atoms with E-state index in [9.17, 15) is 0 Å². The number of guanidine groups is 1. The maximum Gasteiger partial charge on any atom is 0.191 e. The van der Waals surface area contributed by atoms with Gasteiger partial charge in [0, 0.05) is 52.5 Å². The zero-order chi connectivity index (χ0) is 19.6. The fraction of sp³-hybridized carbons (Fsp3) is 0.550. The molecule has 2 heterocycles. The van der Waals surface area contributed by atoms with Gasteiger partial charge in [-0.1, -0.05) is 18.2 Å². The summed E-state index contributed by atoms with van der Waals surface area (Å²) in [6.07, 6.45) is 3.88. The predicted molar refractivity (Wildman–Crippen MR) is 129 cm³/mol. The summed E-state index contributed by atoms with van der Waals surface area (Å²) in [6.45, 7) is 7.20.